The Hall–Kier alpha value is -2.45. The fourth-order valence-corrected chi connectivity index (χ4v) is 7.60. The zero-order valence-corrected chi connectivity index (χ0v) is 38.1. The maximum atomic E-state index is 12.8. The Balaban J connectivity index is 2.49. The smallest absolute Gasteiger partial charge is 0.462 e. The lowest BCUT2D eigenvalue weighted by Gasteiger charge is -2.41. The van der Waals surface area contributed by atoms with E-state index in [1.54, 1.807) is 0 Å². The largest absolute Gasteiger partial charge is 0.472 e. The van der Waals surface area contributed by atoms with Gasteiger partial charge in [-0.25, -0.2) is 4.57 Å². The molecule has 1 aliphatic rings. The van der Waals surface area contributed by atoms with Crippen molar-refractivity contribution in [2.75, 3.05) is 13.2 Å². The normalized spacial score (nSPS) is 22.6. The average Bonchev–Trinajstić information content (AvgIpc) is 3.24. The molecule has 0 amide bonds. The highest BCUT2D eigenvalue weighted by atomic mass is 31.2. The van der Waals surface area contributed by atoms with Crippen LogP contribution in [0.2, 0.25) is 0 Å². The summed E-state index contributed by atoms with van der Waals surface area (Å²) in [5.41, 5.74) is 0. The van der Waals surface area contributed by atoms with Crippen LogP contribution in [0.4, 0.5) is 0 Å². The summed E-state index contributed by atoms with van der Waals surface area (Å²) >= 11 is 0. The van der Waals surface area contributed by atoms with Gasteiger partial charge in [0.25, 0.3) is 0 Å². The Morgan fingerprint density at radius 3 is 1.48 bits per heavy atom. The van der Waals surface area contributed by atoms with Crippen molar-refractivity contribution in [3.05, 3.63) is 60.8 Å². The van der Waals surface area contributed by atoms with E-state index in [9.17, 15) is 44.6 Å². The Kier molecular flexibility index (Phi) is 34.3. The molecule has 8 atom stereocenters. The standard InChI is InChI=1S/C47H81O13P/c1-3-5-7-9-11-13-15-17-19-20-22-24-26-28-30-32-34-36-41(49)59-39(38-58-61(55,56)60-47-45(53)43(51)42(50)44(52)46(47)54)37-57-40(48)35-33-31-29-27-25-23-21-18-16-14-12-10-8-6-4-2/h6,8,12-15,18,21,25,27,39,42-47,50-54H,3-5,7,9-11,16-17,19-20,22-24,26,28-38H2,1-2H3,(H,55,56)/b8-6+,14-12+,15-13+,21-18+,27-25+/t39-,42?,43+,44?,45?,46?,47?/m1/s1. The first-order chi connectivity index (χ1) is 29.4. The Labute approximate surface area is 366 Å². The second kappa shape index (κ2) is 37.0. The minimum Gasteiger partial charge on any atom is -0.462 e. The van der Waals surface area contributed by atoms with E-state index >= 15 is 0 Å². The average molecular weight is 885 g/mol. The van der Waals surface area contributed by atoms with Crippen LogP contribution in [0.15, 0.2) is 60.8 Å². The number of ether oxygens (including phenoxy) is 2. The number of carbonyl (C=O) groups excluding carboxylic acids is 2. The van der Waals surface area contributed by atoms with Crippen molar-refractivity contribution in [3.63, 3.8) is 0 Å². The second-order valence-electron chi connectivity index (χ2n) is 15.9. The summed E-state index contributed by atoms with van der Waals surface area (Å²) in [5.74, 6) is -1.15. The lowest BCUT2D eigenvalue weighted by atomic mass is 9.85. The molecule has 6 N–H and O–H groups in total. The fraction of sp³-hybridized carbons (Fsp3) is 0.745. The van der Waals surface area contributed by atoms with Gasteiger partial charge in [0.05, 0.1) is 6.61 Å². The van der Waals surface area contributed by atoms with E-state index in [-0.39, 0.29) is 12.8 Å². The summed E-state index contributed by atoms with van der Waals surface area (Å²) in [7, 11) is -5.13. The number of hydrogen-bond acceptors (Lipinski definition) is 12. The number of hydrogen-bond donors (Lipinski definition) is 6. The molecule has 61 heavy (non-hydrogen) atoms. The maximum absolute atomic E-state index is 12.8. The molecule has 352 valence electrons. The van der Waals surface area contributed by atoms with E-state index in [4.69, 9.17) is 18.5 Å². The van der Waals surface area contributed by atoms with E-state index < -0.39 is 75.7 Å². The van der Waals surface area contributed by atoms with Gasteiger partial charge < -0.3 is 39.9 Å². The predicted molar refractivity (Wildman–Crippen MR) is 239 cm³/mol. The van der Waals surface area contributed by atoms with Gasteiger partial charge in [-0.3, -0.25) is 18.6 Å². The molecule has 0 aromatic heterocycles. The van der Waals surface area contributed by atoms with Gasteiger partial charge in [-0.05, 0) is 77.0 Å². The monoisotopic (exact) mass is 885 g/mol. The number of aliphatic hydroxyl groups excluding tert-OH is 5. The first-order valence-electron chi connectivity index (χ1n) is 23.1. The number of aliphatic hydroxyl groups is 5. The van der Waals surface area contributed by atoms with Crippen molar-refractivity contribution >= 4 is 19.8 Å². The van der Waals surface area contributed by atoms with Crippen molar-refractivity contribution < 1.29 is 63.1 Å². The van der Waals surface area contributed by atoms with Crippen LogP contribution in [0.1, 0.15) is 168 Å². The van der Waals surface area contributed by atoms with Gasteiger partial charge in [0.1, 0.15) is 43.2 Å². The number of phosphoric ester groups is 1. The molecule has 1 aliphatic carbocycles. The third-order valence-electron chi connectivity index (χ3n) is 10.3. The Bertz CT molecular complexity index is 1300. The summed E-state index contributed by atoms with van der Waals surface area (Å²) in [6.07, 6.45) is 31.3. The predicted octanol–water partition coefficient (Wildman–Crippen LogP) is 8.94. The van der Waals surface area contributed by atoms with E-state index in [2.05, 4.69) is 74.6 Å². The zero-order chi connectivity index (χ0) is 45.0. The highest BCUT2D eigenvalue weighted by molar-refractivity contribution is 7.47. The van der Waals surface area contributed by atoms with E-state index in [0.717, 1.165) is 70.6 Å². The Morgan fingerprint density at radius 1 is 0.525 bits per heavy atom. The topological polar surface area (TPSA) is 210 Å². The summed E-state index contributed by atoms with van der Waals surface area (Å²) < 4.78 is 33.5. The number of unbranched alkanes of at least 4 members (excludes halogenated alkanes) is 15. The van der Waals surface area contributed by atoms with Gasteiger partial charge in [-0.2, -0.15) is 0 Å². The molecule has 13 nitrogen and oxygen atoms in total. The minimum atomic E-state index is -5.13. The summed E-state index contributed by atoms with van der Waals surface area (Å²) in [6, 6.07) is 0. The molecule has 0 heterocycles. The summed E-state index contributed by atoms with van der Waals surface area (Å²) in [5, 5.41) is 50.1. The number of phosphoric acid groups is 1. The van der Waals surface area contributed by atoms with Crippen LogP contribution in [0.3, 0.4) is 0 Å². The van der Waals surface area contributed by atoms with Crippen LogP contribution < -0.4 is 0 Å². The third-order valence-corrected chi connectivity index (χ3v) is 11.3. The molecule has 1 rings (SSSR count). The molecule has 1 saturated carbocycles. The fourth-order valence-electron chi connectivity index (χ4n) is 6.62. The molecule has 0 aromatic rings. The van der Waals surface area contributed by atoms with Crippen LogP contribution in [-0.4, -0.2) is 98.3 Å². The highest BCUT2D eigenvalue weighted by Crippen LogP contribution is 2.47. The van der Waals surface area contributed by atoms with Crippen molar-refractivity contribution in [1.29, 1.82) is 0 Å². The number of carbonyl (C=O) groups is 2. The van der Waals surface area contributed by atoms with Gasteiger partial charge in [0, 0.05) is 12.8 Å². The lowest BCUT2D eigenvalue weighted by molar-refractivity contribution is -0.220. The molecule has 14 heteroatoms. The van der Waals surface area contributed by atoms with Gasteiger partial charge in [-0.1, -0.05) is 139 Å². The van der Waals surface area contributed by atoms with Gasteiger partial charge in [-0.15, -0.1) is 0 Å². The molecule has 0 bridgehead atoms. The van der Waals surface area contributed by atoms with Crippen LogP contribution in [-0.2, 0) is 32.7 Å². The molecule has 0 saturated heterocycles. The SMILES string of the molecule is CC/C=C/C/C=C/C/C=C/C/C=C/CCCCC(=O)OC[C@H](COP(=O)(O)OC1C(O)C(O)C(O)[C@H](O)C1O)OC(=O)CCCCCCCCCCC/C=C/CCCCCC. The van der Waals surface area contributed by atoms with Gasteiger partial charge >= 0.3 is 19.8 Å². The van der Waals surface area contributed by atoms with Crippen molar-refractivity contribution in [2.45, 2.75) is 211 Å². The number of allylic oxidation sites excluding steroid dienone is 10. The van der Waals surface area contributed by atoms with Crippen molar-refractivity contribution in [1.82, 2.24) is 0 Å². The van der Waals surface area contributed by atoms with Gasteiger partial charge in [0.15, 0.2) is 6.10 Å². The summed E-state index contributed by atoms with van der Waals surface area (Å²) in [6.45, 7) is 3.13. The highest BCUT2D eigenvalue weighted by Gasteiger charge is 2.51. The molecule has 0 radical (unpaired) electrons. The van der Waals surface area contributed by atoms with E-state index in [1.165, 1.54) is 57.8 Å². The molecule has 1 fully saturated rings. The molecule has 0 spiro atoms. The first kappa shape index (κ1) is 56.6. The Morgan fingerprint density at radius 2 is 0.934 bits per heavy atom. The second-order valence-corrected chi connectivity index (χ2v) is 17.3. The number of rotatable bonds is 37. The molecular weight excluding hydrogens is 803 g/mol. The molecule has 0 aromatic carbocycles. The summed E-state index contributed by atoms with van der Waals surface area (Å²) in [4.78, 5) is 35.7. The van der Waals surface area contributed by atoms with Crippen LogP contribution in [0.25, 0.3) is 0 Å². The zero-order valence-electron chi connectivity index (χ0n) is 37.2. The van der Waals surface area contributed by atoms with E-state index in [0.29, 0.717) is 12.8 Å². The molecular formula is C47H81O13P. The van der Waals surface area contributed by atoms with Crippen LogP contribution in [0, 0.1) is 0 Å². The molecule has 0 aliphatic heterocycles. The first-order valence-corrected chi connectivity index (χ1v) is 24.6. The lowest BCUT2D eigenvalue weighted by Crippen LogP contribution is -2.64. The third kappa shape index (κ3) is 29.5. The van der Waals surface area contributed by atoms with Gasteiger partial charge in [0.2, 0.25) is 0 Å². The van der Waals surface area contributed by atoms with Crippen LogP contribution in [0.5, 0.6) is 0 Å². The van der Waals surface area contributed by atoms with Crippen molar-refractivity contribution in [2.24, 2.45) is 0 Å². The quantitative estimate of drug-likeness (QED) is 0.0149. The minimum absolute atomic E-state index is 0.0830. The molecule has 6 unspecified atom stereocenters. The number of esters is 2. The van der Waals surface area contributed by atoms with Crippen molar-refractivity contribution in [3.8, 4) is 0 Å². The maximum Gasteiger partial charge on any atom is 0.472 e. The van der Waals surface area contributed by atoms with Crippen LogP contribution >= 0.6 is 7.82 Å². The van der Waals surface area contributed by atoms with E-state index in [1.807, 2.05) is 0 Å².